The van der Waals surface area contributed by atoms with E-state index in [9.17, 15) is 10.1 Å². The van der Waals surface area contributed by atoms with Gasteiger partial charge in [0, 0.05) is 30.9 Å². The lowest BCUT2D eigenvalue weighted by Gasteiger charge is -2.21. The van der Waals surface area contributed by atoms with Gasteiger partial charge >= 0.3 is 0 Å². The van der Waals surface area contributed by atoms with Crippen LogP contribution in [-0.2, 0) is 7.05 Å². The lowest BCUT2D eigenvalue weighted by Crippen LogP contribution is -2.36. The number of nitrogens with zero attached hydrogens (tertiary/aromatic N) is 4. The summed E-state index contributed by atoms with van der Waals surface area (Å²) in [5.41, 5.74) is 9.43. The molecule has 3 aromatic rings. The van der Waals surface area contributed by atoms with Gasteiger partial charge < -0.3 is 11.1 Å². The SMILES string of the molecule is Cn1cc(C(=O)NC(=N)C2CCCC2c2ccc(-c3cnc(N)c(C#N)c3)cc2)cn1. The average Bonchev–Trinajstić information content (AvgIpc) is 3.43. The molecule has 2 heterocycles. The summed E-state index contributed by atoms with van der Waals surface area (Å²) in [7, 11) is 1.75. The molecule has 2 aromatic heterocycles. The van der Waals surface area contributed by atoms with E-state index in [1.165, 1.54) is 6.20 Å². The van der Waals surface area contributed by atoms with E-state index in [1.807, 2.05) is 12.1 Å². The zero-order valence-electron chi connectivity index (χ0n) is 17.2. The van der Waals surface area contributed by atoms with Gasteiger partial charge in [-0.3, -0.25) is 14.9 Å². The molecule has 0 spiro atoms. The van der Waals surface area contributed by atoms with Gasteiger partial charge in [-0.25, -0.2) is 4.98 Å². The largest absolute Gasteiger partial charge is 0.383 e. The number of aromatic nitrogens is 3. The van der Waals surface area contributed by atoms with E-state index in [-0.39, 0.29) is 29.4 Å². The first-order valence-electron chi connectivity index (χ1n) is 10.1. The summed E-state index contributed by atoms with van der Waals surface area (Å²) in [6.45, 7) is 0. The lowest BCUT2D eigenvalue weighted by molar-refractivity contribution is 0.0974. The molecule has 4 rings (SSSR count). The minimum Gasteiger partial charge on any atom is -0.383 e. The lowest BCUT2D eigenvalue weighted by atomic mass is 9.87. The number of nitriles is 1. The molecule has 8 nitrogen and oxygen atoms in total. The van der Waals surface area contributed by atoms with Crippen LogP contribution in [0.25, 0.3) is 11.1 Å². The Morgan fingerprint density at radius 3 is 2.71 bits per heavy atom. The maximum Gasteiger partial charge on any atom is 0.259 e. The second kappa shape index (κ2) is 8.40. The molecule has 1 fully saturated rings. The molecule has 0 radical (unpaired) electrons. The molecule has 31 heavy (non-hydrogen) atoms. The van der Waals surface area contributed by atoms with Gasteiger partial charge in [0.2, 0.25) is 0 Å². The number of rotatable bonds is 4. The van der Waals surface area contributed by atoms with Gasteiger partial charge in [0.05, 0.1) is 17.3 Å². The van der Waals surface area contributed by atoms with Crippen molar-refractivity contribution in [3.8, 4) is 17.2 Å². The summed E-state index contributed by atoms with van der Waals surface area (Å²) in [5, 5.41) is 24.4. The maximum absolute atomic E-state index is 12.4. The Morgan fingerprint density at radius 2 is 2.03 bits per heavy atom. The highest BCUT2D eigenvalue weighted by atomic mass is 16.1. The number of nitrogens with two attached hydrogens (primary N) is 1. The summed E-state index contributed by atoms with van der Waals surface area (Å²) in [6, 6.07) is 11.9. The van der Waals surface area contributed by atoms with E-state index in [4.69, 9.17) is 11.1 Å². The fraction of sp³-hybridized carbons (Fsp3) is 0.261. The Hall–Kier alpha value is -3.99. The van der Waals surface area contributed by atoms with Crippen molar-refractivity contribution in [2.45, 2.75) is 25.2 Å². The highest BCUT2D eigenvalue weighted by Crippen LogP contribution is 2.40. The number of carbonyl (C=O) groups is 1. The number of benzene rings is 1. The van der Waals surface area contributed by atoms with E-state index in [2.05, 4.69) is 33.6 Å². The standard InChI is InChI=1S/C23H23N7O/c1-30-13-18(12-28-30)23(31)29-22(26)20-4-2-3-19(20)15-7-5-14(6-8-15)17-9-16(10-24)21(25)27-11-17/h5-9,11-13,19-20H,2-4H2,1H3,(H2,25,27)(H2,26,29,31). The molecule has 156 valence electrons. The molecule has 2 atom stereocenters. The Balaban J connectivity index is 1.49. The fourth-order valence-corrected chi connectivity index (χ4v) is 4.18. The Morgan fingerprint density at radius 1 is 1.26 bits per heavy atom. The molecule has 1 aliphatic carbocycles. The van der Waals surface area contributed by atoms with Gasteiger partial charge in [-0.05, 0) is 36.0 Å². The Labute approximate surface area is 180 Å². The topological polar surface area (TPSA) is 133 Å². The van der Waals surface area contributed by atoms with Crippen LogP contribution in [0.3, 0.4) is 0 Å². The normalized spacial score (nSPS) is 17.8. The van der Waals surface area contributed by atoms with E-state index in [1.54, 1.807) is 30.2 Å². The zero-order valence-corrected chi connectivity index (χ0v) is 17.2. The minimum absolute atomic E-state index is 0.0325. The third-order valence-electron chi connectivity index (χ3n) is 5.81. The van der Waals surface area contributed by atoms with Crippen LogP contribution in [0.15, 0.2) is 48.9 Å². The van der Waals surface area contributed by atoms with Crippen LogP contribution >= 0.6 is 0 Å². The van der Waals surface area contributed by atoms with Crippen molar-refractivity contribution in [2.24, 2.45) is 13.0 Å². The third-order valence-corrected chi connectivity index (χ3v) is 5.81. The van der Waals surface area contributed by atoms with E-state index in [0.29, 0.717) is 11.1 Å². The van der Waals surface area contributed by atoms with Crippen LogP contribution < -0.4 is 11.1 Å². The van der Waals surface area contributed by atoms with Crippen molar-refractivity contribution in [1.82, 2.24) is 20.1 Å². The molecule has 1 aromatic carbocycles. The van der Waals surface area contributed by atoms with Crippen LogP contribution in [0.5, 0.6) is 0 Å². The second-order valence-corrected chi connectivity index (χ2v) is 7.80. The summed E-state index contributed by atoms with van der Waals surface area (Å²) in [6.07, 6.45) is 7.64. The quantitative estimate of drug-likeness (QED) is 0.446. The van der Waals surface area contributed by atoms with Crippen LogP contribution in [0, 0.1) is 22.7 Å². The molecular weight excluding hydrogens is 390 g/mol. The fourth-order valence-electron chi connectivity index (χ4n) is 4.18. The van der Waals surface area contributed by atoms with E-state index in [0.717, 1.165) is 36.0 Å². The van der Waals surface area contributed by atoms with Crippen molar-refractivity contribution in [3.05, 3.63) is 65.6 Å². The van der Waals surface area contributed by atoms with Gasteiger partial charge in [0.25, 0.3) is 5.91 Å². The number of amidine groups is 1. The number of pyridine rings is 1. The second-order valence-electron chi connectivity index (χ2n) is 7.80. The molecule has 0 saturated heterocycles. The number of hydrogen-bond donors (Lipinski definition) is 3. The molecule has 0 bridgehead atoms. The highest BCUT2D eigenvalue weighted by molar-refractivity contribution is 6.06. The predicted molar refractivity (Wildman–Crippen MR) is 117 cm³/mol. The number of aryl methyl sites for hydroxylation is 1. The number of nitrogen functional groups attached to an aromatic ring is 1. The molecule has 8 heteroatoms. The van der Waals surface area contributed by atoms with Crippen LogP contribution in [-0.4, -0.2) is 26.5 Å². The number of anilines is 1. The monoisotopic (exact) mass is 413 g/mol. The van der Waals surface area contributed by atoms with Gasteiger partial charge in [0.15, 0.2) is 0 Å². The summed E-state index contributed by atoms with van der Waals surface area (Å²) >= 11 is 0. The van der Waals surface area contributed by atoms with E-state index < -0.39 is 0 Å². The van der Waals surface area contributed by atoms with Crippen molar-refractivity contribution in [2.75, 3.05) is 5.73 Å². The van der Waals surface area contributed by atoms with Gasteiger partial charge in [-0.15, -0.1) is 0 Å². The highest BCUT2D eigenvalue weighted by Gasteiger charge is 2.32. The van der Waals surface area contributed by atoms with Gasteiger partial charge in [-0.1, -0.05) is 30.7 Å². The Bertz CT molecular complexity index is 1170. The van der Waals surface area contributed by atoms with Gasteiger partial charge in [0.1, 0.15) is 17.7 Å². The van der Waals surface area contributed by atoms with E-state index >= 15 is 0 Å². The number of carbonyl (C=O) groups excluding carboxylic acids is 1. The van der Waals surface area contributed by atoms with Crippen LogP contribution in [0.2, 0.25) is 0 Å². The number of hydrogen-bond acceptors (Lipinski definition) is 6. The first kappa shape index (κ1) is 20.3. The number of nitrogens with one attached hydrogen (secondary N) is 2. The summed E-state index contributed by atoms with van der Waals surface area (Å²) in [4.78, 5) is 16.5. The average molecular weight is 413 g/mol. The molecule has 1 saturated carbocycles. The molecule has 2 unspecified atom stereocenters. The van der Waals surface area contributed by atoms with Gasteiger partial charge in [-0.2, -0.15) is 10.4 Å². The van der Waals surface area contributed by atoms with Crippen molar-refractivity contribution in [1.29, 1.82) is 10.7 Å². The molecule has 1 aliphatic rings. The van der Waals surface area contributed by atoms with Crippen molar-refractivity contribution >= 4 is 17.6 Å². The smallest absolute Gasteiger partial charge is 0.259 e. The summed E-state index contributed by atoms with van der Waals surface area (Å²) < 4.78 is 1.56. The van der Waals surface area contributed by atoms with Crippen LogP contribution in [0.1, 0.15) is 46.7 Å². The third kappa shape index (κ3) is 4.16. The van der Waals surface area contributed by atoms with Crippen molar-refractivity contribution in [3.63, 3.8) is 0 Å². The maximum atomic E-state index is 12.4. The van der Waals surface area contributed by atoms with Crippen LogP contribution in [0.4, 0.5) is 5.82 Å². The summed E-state index contributed by atoms with van der Waals surface area (Å²) in [5.74, 6) is 0.318. The predicted octanol–water partition coefficient (Wildman–Crippen LogP) is 3.23. The molecule has 4 N–H and O–H groups in total. The molecule has 1 amide bonds. The first-order valence-corrected chi connectivity index (χ1v) is 10.1. The first-order chi connectivity index (χ1) is 15.0. The molecular formula is C23H23N7O. The molecule has 0 aliphatic heterocycles. The number of amides is 1. The Kier molecular flexibility index (Phi) is 5.50. The van der Waals surface area contributed by atoms with Crippen molar-refractivity contribution < 1.29 is 4.79 Å². The minimum atomic E-state index is -0.303. The zero-order chi connectivity index (χ0) is 22.0.